The SMILES string of the molecule is C.C#CCC(=O)N1C[C@@H](C)C[C@@H](Nc2c(-c3cc(C)ncn3)cnc3[nH]ccc23)C1.CCC(=O)N1C[C@@H](C)C[C@@H](Nc2c(-c3cc(CO)ncn3)cnc3[nH]ccc23)C1. The lowest BCUT2D eigenvalue weighted by atomic mass is 9.94. The molecule has 2 saturated heterocycles. The fourth-order valence-corrected chi connectivity index (χ4v) is 8.10. The number of aromatic amines is 2. The van der Waals surface area contributed by atoms with Crippen LogP contribution < -0.4 is 10.6 Å². The van der Waals surface area contributed by atoms with Crippen molar-refractivity contribution in [3.05, 3.63) is 73.1 Å². The molecule has 2 aliphatic rings. The van der Waals surface area contributed by atoms with E-state index >= 15 is 0 Å². The molecule has 0 spiro atoms. The van der Waals surface area contributed by atoms with E-state index in [0.29, 0.717) is 42.7 Å². The average molecular weight is 799 g/mol. The lowest BCUT2D eigenvalue weighted by Crippen LogP contribution is -2.48. The van der Waals surface area contributed by atoms with Gasteiger partial charge in [0.1, 0.15) is 23.9 Å². The van der Waals surface area contributed by atoms with Crippen molar-refractivity contribution in [3.8, 4) is 34.9 Å². The number of aromatic nitrogens is 8. The van der Waals surface area contributed by atoms with Crippen LogP contribution in [-0.2, 0) is 16.2 Å². The van der Waals surface area contributed by atoms with Crippen molar-refractivity contribution in [1.82, 2.24) is 49.7 Å². The number of aliphatic hydroxyl groups excluding tert-OH is 1. The summed E-state index contributed by atoms with van der Waals surface area (Å²) in [6.45, 7) is 10.9. The Morgan fingerprint density at radius 1 is 0.797 bits per heavy atom. The standard InChI is InChI=1S/C22H24N6O.C21H26N6O2.CH4/c1-4-5-20(29)28-11-14(2)8-16(12-28)27-21-17-6-7-23-22(17)24-10-18(21)19-9-15(3)25-13-26-19;1-3-19(29)27-9-13(2)6-14(10-27)26-20-16-4-5-22-21(16)23-8-17(20)18-7-15(11-28)24-12-25-18;/h1,6-7,9-10,13-14,16H,5,8,11-12H2,2-3H3,(H2,23,24,27);4-5,7-8,12-14,28H,3,6,9-11H2,1-2H3,(H2,22,23,26);1H4/t14-,16+;13-,14+;/m00./s1. The Hall–Kier alpha value is -6.40. The molecule has 308 valence electrons. The average Bonchev–Trinajstić information content (AvgIpc) is 3.92. The van der Waals surface area contributed by atoms with Gasteiger partial charge in [-0.3, -0.25) is 9.59 Å². The topological polar surface area (TPSA) is 194 Å². The zero-order valence-corrected chi connectivity index (χ0v) is 33.4. The van der Waals surface area contributed by atoms with E-state index in [1.54, 1.807) is 18.6 Å². The molecule has 2 amide bonds. The molecule has 8 rings (SSSR count). The highest BCUT2D eigenvalue weighted by Crippen LogP contribution is 2.36. The molecule has 0 aliphatic carbocycles. The van der Waals surface area contributed by atoms with Gasteiger partial charge in [0.25, 0.3) is 0 Å². The summed E-state index contributed by atoms with van der Waals surface area (Å²) < 4.78 is 0. The first kappa shape index (κ1) is 42.2. The van der Waals surface area contributed by atoms with Gasteiger partial charge >= 0.3 is 0 Å². The molecular formula is C44H54N12O3. The van der Waals surface area contributed by atoms with Crippen LogP contribution in [0.15, 0.2) is 61.7 Å². The third-order valence-corrected chi connectivity index (χ3v) is 10.7. The summed E-state index contributed by atoms with van der Waals surface area (Å²) in [6.07, 6.45) is 18.3. The van der Waals surface area contributed by atoms with Crippen molar-refractivity contribution in [1.29, 1.82) is 0 Å². The first-order valence-electron chi connectivity index (χ1n) is 19.8. The molecule has 0 radical (unpaired) electrons. The van der Waals surface area contributed by atoms with Crippen LogP contribution in [0.2, 0.25) is 0 Å². The lowest BCUT2D eigenvalue weighted by molar-refractivity contribution is -0.133. The minimum atomic E-state index is -0.146. The van der Waals surface area contributed by atoms with Crippen LogP contribution in [0.4, 0.5) is 11.4 Å². The van der Waals surface area contributed by atoms with Gasteiger partial charge in [-0.15, -0.1) is 6.42 Å². The normalized spacial score (nSPS) is 19.0. The molecule has 0 bridgehead atoms. The first-order chi connectivity index (χ1) is 28.1. The number of hydrogen-bond acceptors (Lipinski definition) is 11. The van der Waals surface area contributed by atoms with Crippen molar-refractivity contribution < 1.29 is 14.7 Å². The van der Waals surface area contributed by atoms with Crippen molar-refractivity contribution in [2.45, 2.75) is 79.5 Å². The van der Waals surface area contributed by atoms with E-state index in [2.05, 4.69) is 70.3 Å². The summed E-state index contributed by atoms with van der Waals surface area (Å²) in [5.41, 5.74) is 8.24. The third kappa shape index (κ3) is 9.67. The Morgan fingerprint density at radius 3 is 1.83 bits per heavy atom. The maximum Gasteiger partial charge on any atom is 0.234 e. The Labute approximate surface area is 344 Å². The van der Waals surface area contributed by atoms with Gasteiger partial charge in [-0.05, 0) is 55.9 Å². The van der Waals surface area contributed by atoms with Gasteiger partial charge in [-0.25, -0.2) is 29.9 Å². The number of aliphatic hydroxyl groups is 1. The van der Waals surface area contributed by atoms with E-state index < -0.39 is 0 Å². The smallest absolute Gasteiger partial charge is 0.234 e. The number of fused-ring (bicyclic) bond motifs is 2. The molecule has 6 aromatic heterocycles. The summed E-state index contributed by atoms with van der Waals surface area (Å²) in [4.78, 5) is 61.0. The number of anilines is 2. The highest BCUT2D eigenvalue weighted by atomic mass is 16.3. The van der Waals surface area contributed by atoms with Crippen LogP contribution >= 0.6 is 0 Å². The van der Waals surface area contributed by atoms with Gasteiger partial charge in [0.05, 0.1) is 41.5 Å². The number of nitrogens with one attached hydrogen (secondary N) is 4. The van der Waals surface area contributed by atoms with Crippen LogP contribution in [0.5, 0.6) is 0 Å². The van der Waals surface area contributed by atoms with Crippen LogP contribution in [0.25, 0.3) is 44.6 Å². The number of terminal acetylenes is 1. The number of H-pyrrole nitrogens is 2. The Balaban J connectivity index is 0.000000195. The van der Waals surface area contributed by atoms with Gasteiger partial charge in [-0.2, -0.15) is 0 Å². The second-order valence-corrected chi connectivity index (χ2v) is 15.4. The monoisotopic (exact) mass is 798 g/mol. The molecule has 0 aromatic carbocycles. The molecule has 15 nitrogen and oxygen atoms in total. The number of aryl methyl sites for hydroxylation is 1. The number of likely N-dealkylation sites (tertiary alicyclic amines) is 2. The molecule has 2 fully saturated rings. The molecule has 2 aliphatic heterocycles. The first-order valence-corrected chi connectivity index (χ1v) is 19.8. The molecule has 0 unspecified atom stereocenters. The van der Waals surface area contributed by atoms with Crippen LogP contribution in [-0.4, -0.2) is 105 Å². The second-order valence-electron chi connectivity index (χ2n) is 15.4. The number of pyridine rings is 2. The summed E-state index contributed by atoms with van der Waals surface area (Å²) in [5, 5.41) is 18.8. The highest BCUT2D eigenvalue weighted by Gasteiger charge is 2.30. The molecular weight excluding hydrogens is 745 g/mol. The van der Waals surface area contributed by atoms with Crippen molar-refractivity contribution >= 4 is 45.3 Å². The van der Waals surface area contributed by atoms with Gasteiger partial charge in [0.2, 0.25) is 11.8 Å². The maximum absolute atomic E-state index is 12.4. The molecule has 15 heteroatoms. The summed E-state index contributed by atoms with van der Waals surface area (Å²) in [6, 6.07) is 7.97. The van der Waals surface area contributed by atoms with Gasteiger partial charge in [0.15, 0.2) is 0 Å². The van der Waals surface area contributed by atoms with Gasteiger partial charge in [0, 0.05) is 97.1 Å². The predicted octanol–water partition coefficient (Wildman–Crippen LogP) is 6.21. The van der Waals surface area contributed by atoms with Crippen LogP contribution in [0.3, 0.4) is 0 Å². The van der Waals surface area contributed by atoms with Gasteiger partial charge in [-0.1, -0.05) is 34.1 Å². The predicted molar refractivity (Wildman–Crippen MR) is 231 cm³/mol. The zero-order valence-electron chi connectivity index (χ0n) is 33.4. The minimum absolute atomic E-state index is 0. The van der Waals surface area contributed by atoms with E-state index in [1.807, 2.05) is 60.4 Å². The van der Waals surface area contributed by atoms with Crippen molar-refractivity contribution in [3.63, 3.8) is 0 Å². The Kier molecular flexibility index (Phi) is 13.5. The zero-order chi connectivity index (χ0) is 40.8. The van der Waals surface area contributed by atoms with E-state index in [1.165, 1.54) is 6.33 Å². The fourth-order valence-electron chi connectivity index (χ4n) is 8.10. The molecule has 0 saturated carbocycles. The third-order valence-electron chi connectivity index (χ3n) is 10.7. The number of carbonyl (C=O) groups excluding carboxylic acids is 2. The highest BCUT2D eigenvalue weighted by molar-refractivity contribution is 5.98. The van der Waals surface area contributed by atoms with Crippen LogP contribution in [0, 0.1) is 31.1 Å². The van der Waals surface area contributed by atoms with E-state index in [9.17, 15) is 14.7 Å². The number of rotatable bonds is 9. The van der Waals surface area contributed by atoms with Crippen molar-refractivity contribution in [2.75, 3.05) is 36.8 Å². The van der Waals surface area contributed by atoms with Crippen LogP contribution in [0.1, 0.15) is 65.3 Å². The van der Waals surface area contributed by atoms with Crippen molar-refractivity contribution in [2.24, 2.45) is 11.8 Å². The summed E-state index contributed by atoms with van der Waals surface area (Å²) in [5.74, 6) is 3.47. The minimum Gasteiger partial charge on any atom is -0.390 e. The molecule has 5 N–H and O–H groups in total. The number of hydrogen-bond donors (Lipinski definition) is 5. The molecule has 59 heavy (non-hydrogen) atoms. The quantitative estimate of drug-likeness (QED) is 0.105. The molecule has 8 heterocycles. The summed E-state index contributed by atoms with van der Waals surface area (Å²) in [7, 11) is 0. The number of nitrogens with zero attached hydrogens (tertiary/aromatic N) is 8. The Morgan fingerprint density at radius 2 is 1.32 bits per heavy atom. The van der Waals surface area contributed by atoms with Gasteiger partial charge < -0.3 is 35.5 Å². The fraction of sp³-hybridized carbons (Fsp3) is 0.409. The number of carbonyl (C=O) groups is 2. The van der Waals surface area contributed by atoms with E-state index in [0.717, 1.165) is 81.9 Å². The number of amides is 2. The van der Waals surface area contributed by atoms with E-state index in [4.69, 9.17) is 6.42 Å². The maximum atomic E-state index is 12.4. The Bertz CT molecular complexity index is 2440. The number of piperidine rings is 2. The van der Waals surface area contributed by atoms with E-state index in [-0.39, 0.29) is 44.4 Å². The largest absolute Gasteiger partial charge is 0.390 e. The molecule has 6 aromatic rings. The molecule has 4 atom stereocenters. The second kappa shape index (κ2) is 18.9. The summed E-state index contributed by atoms with van der Waals surface area (Å²) >= 11 is 0. The lowest BCUT2D eigenvalue weighted by Gasteiger charge is -2.37.